The van der Waals surface area contributed by atoms with Crippen LogP contribution in [0.4, 0.5) is 5.69 Å². The second-order valence-electron chi connectivity index (χ2n) is 6.82. The summed E-state index contributed by atoms with van der Waals surface area (Å²) in [6.07, 6.45) is 0.856. The normalized spacial score (nSPS) is 18.8. The Morgan fingerprint density at radius 1 is 1.16 bits per heavy atom. The Labute approximate surface area is 147 Å². The average molecular weight is 337 g/mol. The summed E-state index contributed by atoms with van der Waals surface area (Å²) < 4.78 is 0. The van der Waals surface area contributed by atoms with Crippen LogP contribution in [0.3, 0.4) is 0 Å². The first-order valence-corrected chi connectivity index (χ1v) is 8.39. The first kappa shape index (κ1) is 17.2. The Hall–Kier alpha value is -2.66. The number of primary amides is 1. The highest BCUT2D eigenvalue weighted by atomic mass is 16.2. The van der Waals surface area contributed by atoms with Crippen LogP contribution in [-0.2, 0) is 11.3 Å². The summed E-state index contributed by atoms with van der Waals surface area (Å²) in [6, 6.07) is 15.3. The molecule has 130 valence electrons. The van der Waals surface area contributed by atoms with E-state index in [-0.39, 0.29) is 17.7 Å². The zero-order chi connectivity index (χ0) is 18.0. The van der Waals surface area contributed by atoms with Crippen LogP contribution in [0.1, 0.15) is 33.8 Å². The van der Waals surface area contributed by atoms with E-state index in [1.807, 2.05) is 43.3 Å². The van der Waals surface area contributed by atoms with Crippen molar-refractivity contribution in [3.05, 3.63) is 65.2 Å². The van der Waals surface area contributed by atoms with Gasteiger partial charge < -0.3 is 16.0 Å². The van der Waals surface area contributed by atoms with Crippen LogP contribution in [0.15, 0.2) is 48.5 Å². The monoisotopic (exact) mass is 337 g/mol. The maximum Gasteiger partial charge on any atom is 0.248 e. The van der Waals surface area contributed by atoms with E-state index in [1.165, 1.54) is 5.56 Å². The van der Waals surface area contributed by atoms with Gasteiger partial charge in [0, 0.05) is 23.7 Å². The van der Waals surface area contributed by atoms with Gasteiger partial charge >= 0.3 is 0 Å². The zero-order valence-corrected chi connectivity index (χ0v) is 14.5. The summed E-state index contributed by atoms with van der Waals surface area (Å²) in [5.41, 5.74) is 8.59. The van der Waals surface area contributed by atoms with Gasteiger partial charge in [0.25, 0.3) is 0 Å². The molecular weight excluding hydrogens is 314 g/mol. The second-order valence-corrected chi connectivity index (χ2v) is 6.82. The molecule has 3 rings (SSSR count). The van der Waals surface area contributed by atoms with Crippen molar-refractivity contribution in [2.45, 2.75) is 18.9 Å². The first-order valence-electron chi connectivity index (χ1n) is 8.39. The Kier molecular flexibility index (Phi) is 4.86. The van der Waals surface area contributed by atoms with Gasteiger partial charge in [-0.05, 0) is 49.7 Å². The van der Waals surface area contributed by atoms with Gasteiger partial charge in [-0.15, -0.1) is 0 Å². The van der Waals surface area contributed by atoms with Crippen molar-refractivity contribution in [3.8, 4) is 0 Å². The molecule has 3 N–H and O–H groups in total. The fourth-order valence-corrected chi connectivity index (χ4v) is 3.10. The van der Waals surface area contributed by atoms with Gasteiger partial charge in [-0.25, -0.2) is 0 Å². The Morgan fingerprint density at radius 3 is 2.52 bits per heavy atom. The SMILES string of the molecule is CN(C)Cc1ccc(C(N)=O)cc1NC(=O)[C@@H]1C[C@@H]1c1ccccc1. The number of benzene rings is 2. The molecule has 25 heavy (non-hydrogen) atoms. The molecule has 2 aromatic carbocycles. The molecule has 2 aromatic rings. The van der Waals surface area contributed by atoms with Crippen LogP contribution in [0.25, 0.3) is 0 Å². The number of hydrogen-bond acceptors (Lipinski definition) is 3. The molecule has 1 aliphatic carbocycles. The van der Waals surface area contributed by atoms with Gasteiger partial charge in [-0.1, -0.05) is 36.4 Å². The molecule has 0 radical (unpaired) electrons. The third kappa shape index (κ3) is 4.06. The van der Waals surface area contributed by atoms with E-state index < -0.39 is 5.91 Å². The van der Waals surface area contributed by atoms with Gasteiger partial charge in [-0.2, -0.15) is 0 Å². The van der Waals surface area contributed by atoms with Crippen molar-refractivity contribution in [1.29, 1.82) is 0 Å². The lowest BCUT2D eigenvalue weighted by molar-refractivity contribution is -0.117. The minimum Gasteiger partial charge on any atom is -0.366 e. The van der Waals surface area contributed by atoms with Crippen LogP contribution in [0.5, 0.6) is 0 Å². The van der Waals surface area contributed by atoms with Crippen molar-refractivity contribution in [1.82, 2.24) is 4.90 Å². The fraction of sp³-hybridized carbons (Fsp3) is 0.300. The van der Waals surface area contributed by atoms with Crippen molar-refractivity contribution in [2.75, 3.05) is 19.4 Å². The van der Waals surface area contributed by atoms with Gasteiger partial charge in [0.1, 0.15) is 0 Å². The van der Waals surface area contributed by atoms with Crippen LogP contribution >= 0.6 is 0 Å². The number of nitrogens with two attached hydrogens (primary N) is 1. The topological polar surface area (TPSA) is 75.4 Å². The van der Waals surface area contributed by atoms with Crippen molar-refractivity contribution in [3.63, 3.8) is 0 Å². The van der Waals surface area contributed by atoms with Gasteiger partial charge in [-0.3, -0.25) is 9.59 Å². The first-order chi connectivity index (χ1) is 12.0. The fourth-order valence-electron chi connectivity index (χ4n) is 3.10. The molecule has 2 atom stereocenters. The highest BCUT2D eigenvalue weighted by Crippen LogP contribution is 2.48. The van der Waals surface area contributed by atoms with Crippen LogP contribution in [0.2, 0.25) is 0 Å². The number of carbonyl (C=O) groups excluding carboxylic acids is 2. The molecule has 0 saturated heterocycles. The Bertz CT molecular complexity index is 787. The lowest BCUT2D eigenvalue weighted by atomic mass is 10.1. The molecule has 5 nitrogen and oxygen atoms in total. The highest BCUT2D eigenvalue weighted by Gasteiger charge is 2.43. The summed E-state index contributed by atoms with van der Waals surface area (Å²) in [6.45, 7) is 0.668. The number of hydrogen-bond donors (Lipinski definition) is 2. The maximum absolute atomic E-state index is 12.6. The molecule has 1 aliphatic rings. The summed E-state index contributed by atoms with van der Waals surface area (Å²) in [5.74, 6) is -0.249. The molecule has 0 spiro atoms. The molecule has 0 aromatic heterocycles. The summed E-state index contributed by atoms with van der Waals surface area (Å²) >= 11 is 0. The number of anilines is 1. The summed E-state index contributed by atoms with van der Waals surface area (Å²) in [4.78, 5) is 26.1. The van der Waals surface area contributed by atoms with E-state index in [1.54, 1.807) is 12.1 Å². The maximum atomic E-state index is 12.6. The van der Waals surface area contributed by atoms with Gasteiger partial charge in [0.05, 0.1) is 0 Å². The van der Waals surface area contributed by atoms with Gasteiger partial charge in [0.2, 0.25) is 11.8 Å². The molecule has 0 unspecified atom stereocenters. The Balaban J connectivity index is 1.76. The van der Waals surface area contributed by atoms with E-state index in [2.05, 4.69) is 17.4 Å². The second kappa shape index (κ2) is 7.07. The quantitative estimate of drug-likeness (QED) is 0.851. The number of rotatable bonds is 6. The zero-order valence-electron chi connectivity index (χ0n) is 14.5. The predicted molar refractivity (Wildman–Crippen MR) is 98.3 cm³/mol. The third-order valence-electron chi connectivity index (χ3n) is 4.49. The molecule has 0 bridgehead atoms. The largest absolute Gasteiger partial charge is 0.366 e. The van der Waals surface area contributed by atoms with E-state index in [0.29, 0.717) is 17.8 Å². The molecule has 1 saturated carbocycles. The van der Waals surface area contributed by atoms with E-state index in [4.69, 9.17) is 5.73 Å². The number of amides is 2. The minimum atomic E-state index is -0.500. The number of nitrogens with one attached hydrogen (secondary N) is 1. The summed E-state index contributed by atoms with van der Waals surface area (Å²) in [5, 5.41) is 3.00. The van der Waals surface area contributed by atoms with E-state index in [0.717, 1.165) is 12.0 Å². The molecule has 0 heterocycles. The van der Waals surface area contributed by atoms with Crippen molar-refractivity contribution < 1.29 is 9.59 Å². The third-order valence-corrected chi connectivity index (χ3v) is 4.49. The van der Waals surface area contributed by atoms with Crippen molar-refractivity contribution in [2.24, 2.45) is 11.7 Å². The van der Waals surface area contributed by atoms with Crippen molar-refractivity contribution >= 4 is 17.5 Å². The smallest absolute Gasteiger partial charge is 0.248 e. The van der Waals surface area contributed by atoms with Gasteiger partial charge in [0.15, 0.2) is 0 Å². The lowest BCUT2D eigenvalue weighted by Crippen LogP contribution is -2.19. The Morgan fingerprint density at radius 2 is 1.88 bits per heavy atom. The molecule has 0 aliphatic heterocycles. The molecule has 5 heteroatoms. The van der Waals surface area contributed by atoms with E-state index >= 15 is 0 Å². The van der Waals surface area contributed by atoms with E-state index in [9.17, 15) is 9.59 Å². The lowest BCUT2D eigenvalue weighted by Gasteiger charge is -2.16. The molecular formula is C20H23N3O2. The standard InChI is InChI=1S/C20H23N3O2/c1-23(2)12-15-9-8-14(19(21)24)10-18(15)22-20(25)17-11-16(17)13-6-4-3-5-7-13/h3-10,16-17H,11-12H2,1-2H3,(H2,21,24)(H,22,25)/t16-,17-/m1/s1. The van der Waals surface area contributed by atoms with Crippen LogP contribution in [0, 0.1) is 5.92 Å². The molecule has 1 fully saturated rings. The number of nitrogens with zero attached hydrogens (tertiary/aromatic N) is 1. The average Bonchev–Trinajstić information content (AvgIpc) is 3.37. The molecule has 2 amide bonds. The van der Waals surface area contributed by atoms with Crippen LogP contribution in [-0.4, -0.2) is 30.8 Å². The highest BCUT2D eigenvalue weighted by molar-refractivity contribution is 5.98. The number of carbonyl (C=O) groups is 2. The summed E-state index contributed by atoms with van der Waals surface area (Å²) in [7, 11) is 3.92. The minimum absolute atomic E-state index is 0.00419. The predicted octanol–water partition coefficient (Wildman–Crippen LogP) is 2.59. The van der Waals surface area contributed by atoms with Crippen LogP contribution < -0.4 is 11.1 Å².